The summed E-state index contributed by atoms with van der Waals surface area (Å²) in [7, 11) is 0. The lowest BCUT2D eigenvalue weighted by atomic mass is 10.0. The van der Waals surface area contributed by atoms with E-state index in [-0.39, 0.29) is 11.9 Å². The molecule has 1 aliphatic rings. The molecule has 0 aliphatic carbocycles. The van der Waals surface area contributed by atoms with Crippen LogP contribution in [0.5, 0.6) is 0 Å². The zero-order valence-electron chi connectivity index (χ0n) is 10.7. The molecule has 1 N–H and O–H groups in total. The molecular formula is C15H13FN2OS. The van der Waals surface area contributed by atoms with Crippen molar-refractivity contribution in [2.24, 2.45) is 0 Å². The molecule has 102 valence electrons. The number of nitrogens with one attached hydrogen (secondary N) is 1. The average Bonchev–Trinajstić information content (AvgIpc) is 2.93. The van der Waals surface area contributed by atoms with Gasteiger partial charge in [0.2, 0.25) is 5.76 Å². The minimum absolute atomic E-state index is 0.123. The number of rotatable bonds is 3. The van der Waals surface area contributed by atoms with Crippen molar-refractivity contribution in [3.05, 3.63) is 53.2 Å². The van der Waals surface area contributed by atoms with Gasteiger partial charge in [0.15, 0.2) is 0 Å². The number of thioether (sulfide) groups is 1. The molecule has 1 aromatic heterocycles. The second-order valence-electron chi connectivity index (χ2n) is 4.63. The lowest BCUT2D eigenvalue weighted by molar-refractivity contribution is 0.434. The Morgan fingerprint density at radius 1 is 1.40 bits per heavy atom. The van der Waals surface area contributed by atoms with Crippen LogP contribution in [0.25, 0.3) is 0 Å². The molecule has 1 aliphatic heterocycles. The van der Waals surface area contributed by atoms with E-state index in [9.17, 15) is 4.39 Å². The van der Waals surface area contributed by atoms with E-state index in [1.54, 1.807) is 30.0 Å². The van der Waals surface area contributed by atoms with Gasteiger partial charge in [0.25, 0.3) is 0 Å². The summed E-state index contributed by atoms with van der Waals surface area (Å²) in [6, 6.07) is 10.5. The van der Waals surface area contributed by atoms with Crippen LogP contribution in [0.2, 0.25) is 0 Å². The van der Waals surface area contributed by atoms with Gasteiger partial charge in [-0.1, -0.05) is 0 Å². The third kappa shape index (κ3) is 2.72. The summed E-state index contributed by atoms with van der Waals surface area (Å²) < 4.78 is 18.7. The fraction of sp³-hybridized carbons (Fsp3) is 0.267. The predicted octanol–water partition coefficient (Wildman–Crippen LogP) is 3.62. The number of halogens is 1. The largest absolute Gasteiger partial charge is 0.449 e. The molecule has 2 aromatic rings. The summed E-state index contributed by atoms with van der Waals surface area (Å²) in [6.07, 6.45) is 0.951. The molecule has 5 heteroatoms. The van der Waals surface area contributed by atoms with Crippen LogP contribution in [0.1, 0.15) is 29.5 Å². The lowest BCUT2D eigenvalue weighted by Gasteiger charge is -2.25. The Morgan fingerprint density at radius 3 is 3.10 bits per heavy atom. The normalized spacial score (nSPS) is 17.5. The van der Waals surface area contributed by atoms with Crippen LogP contribution in [0.3, 0.4) is 0 Å². The van der Waals surface area contributed by atoms with Gasteiger partial charge >= 0.3 is 0 Å². The summed E-state index contributed by atoms with van der Waals surface area (Å²) in [5.74, 6) is 1.84. The van der Waals surface area contributed by atoms with Gasteiger partial charge in [0.1, 0.15) is 17.6 Å². The number of benzene rings is 1. The molecule has 0 saturated carbocycles. The molecular weight excluding hydrogens is 275 g/mol. The Labute approximate surface area is 120 Å². The Balaban J connectivity index is 1.73. The van der Waals surface area contributed by atoms with E-state index in [4.69, 9.17) is 9.68 Å². The average molecular weight is 288 g/mol. The summed E-state index contributed by atoms with van der Waals surface area (Å²) in [5, 5.41) is 12.1. The molecule has 0 radical (unpaired) electrons. The highest BCUT2D eigenvalue weighted by Gasteiger charge is 2.21. The minimum Gasteiger partial charge on any atom is -0.449 e. The van der Waals surface area contributed by atoms with Gasteiger partial charge in [-0.15, -0.1) is 11.8 Å². The Hall–Kier alpha value is -1.77. The third-order valence-electron chi connectivity index (χ3n) is 3.31. The fourth-order valence-electron chi connectivity index (χ4n) is 2.33. The van der Waals surface area contributed by atoms with Gasteiger partial charge < -0.3 is 9.73 Å². The lowest BCUT2D eigenvalue weighted by Crippen LogP contribution is -2.24. The first kappa shape index (κ1) is 13.2. The predicted molar refractivity (Wildman–Crippen MR) is 74.7 cm³/mol. The van der Waals surface area contributed by atoms with Crippen molar-refractivity contribution in [2.45, 2.75) is 23.9 Å². The molecule has 1 atom stereocenters. The van der Waals surface area contributed by atoms with Crippen molar-refractivity contribution in [3.8, 4) is 6.07 Å². The molecule has 0 fully saturated rings. The molecule has 2 heterocycles. The smallest absolute Gasteiger partial charge is 0.203 e. The van der Waals surface area contributed by atoms with Crippen LogP contribution >= 0.6 is 11.8 Å². The van der Waals surface area contributed by atoms with Gasteiger partial charge in [-0.3, -0.25) is 0 Å². The van der Waals surface area contributed by atoms with Crippen molar-refractivity contribution >= 4 is 11.8 Å². The monoisotopic (exact) mass is 288 g/mol. The van der Waals surface area contributed by atoms with Crippen LogP contribution in [0, 0.1) is 17.1 Å². The molecule has 20 heavy (non-hydrogen) atoms. The molecule has 0 spiro atoms. The second kappa shape index (κ2) is 5.70. The van der Waals surface area contributed by atoms with Gasteiger partial charge in [-0.05, 0) is 48.1 Å². The minimum atomic E-state index is -0.206. The number of fused-ring (bicyclic) bond motifs is 1. The Morgan fingerprint density at radius 2 is 2.30 bits per heavy atom. The summed E-state index contributed by atoms with van der Waals surface area (Å²) >= 11 is 1.76. The van der Waals surface area contributed by atoms with E-state index in [2.05, 4.69) is 5.32 Å². The summed E-state index contributed by atoms with van der Waals surface area (Å²) in [4.78, 5) is 1.13. The molecule has 0 saturated heterocycles. The van der Waals surface area contributed by atoms with E-state index in [0.29, 0.717) is 12.3 Å². The zero-order valence-corrected chi connectivity index (χ0v) is 11.5. The van der Waals surface area contributed by atoms with E-state index >= 15 is 0 Å². The highest BCUT2D eigenvalue weighted by Crippen LogP contribution is 2.36. The van der Waals surface area contributed by atoms with Crippen molar-refractivity contribution < 1.29 is 8.81 Å². The molecule has 3 nitrogen and oxygen atoms in total. The second-order valence-corrected chi connectivity index (χ2v) is 5.77. The first-order chi connectivity index (χ1) is 9.76. The van der Waals surface area contributed by atoms with Gasteiger partial charge in [-0.25, -0.2) is 4.39 Å². The van der Waals surface area contributed by atoms with Crippen LogP contribution in [0.4, 0.5) is 4.39 Å². The van der Waals surface area contributed by atoms with Crippen LogP contribution < -0.4 is 5.32 Å². The quantitative estimate of drug-likeness (QED) is 0.937. The fourth-order valence-corrected chi connectivity index (χ4v) is 3.44. The van der Waals surface area contributed by atoms with Crippen molar-refractivity contribution in [3.63, 3.8) is 0 Å². The van der Waals surface area contributed by atoms with E-state index < -0.39 is 0 Å². The molecule has 1 aromatic carbocycles. The van der Waals surface area contributed by atoms with Crippen molar-refractivity contribution in [2.75, 3.05) is 5.75 Å². The van der Waals surface area contributed by atoms with Gasteiger partial charge in [0, 0.05) is 10.9 Å². The highest BCUT2D eigenvalue weighted by molar-refractivity contribution is 7.99. The van der Waals surface area contributed by atoms with Crippen LogP contribution in [-0.2, 0) is 6.54 Å². The van der Waals surface area contributed by atoms with E-state index in [1.165, 1.54) is 6.07 Å². The zero-order chi connectivity index (χ0) is 13.9. The van der Waals surface area contributed by atoms with Crippen molar-refractivity contribution in [1.29, 1.82) is 5.26 Å². The standard InChI is InChI=1S/C15H13FN2OS/c16-10-1-4-15-13(7-10)14(5-6-20-15)18-9-12-3-2-11(8-17)19-12/h1-4,7,14,18H,5-6,9H2. The molecule has 0 amide bonds. The highest BCUT2D eigenvalue weighted by atomic mass is 32.2. The number of hydrogen-bond acceptors (Lipinski definition) is 4. The van der Waals surface area contributed by atoms with Gasteiger partial charge in [-0.2, -0.15) is 5.26 Å². The summed E-state index contributed by atoms with van der Waals surface area (Å²) in [5.41, 5.74) is 1.01. The Kier molecular flexibility index (Phi) is 3.77. The molecule has 3 rings (SSSR count). The number of nitrogens with zero attached hydrogens (tertiary/aromatic N) is 1. The SMILES string of the molecule is N#Cc1ccc(CNC2CCSc3ccc(F)cc32)o1. The first-order valence-corrected chi connectivity index (χ1v) is 7.39. The number of furan rings is 1. The Bertz CT molecular complexity index is 662. The van der Waals surface area contributed by atoms with E-state index in [1.807, 2.05) is 12.1 Å². The van der Waals surface area contributed by atoms with E-state index in [0.717, 1.165) is 28.4 Å². The summed E-state index contributed by atoms with van der Waals surface area (Å²) in [6.45, 7) is 0.535. The third-order valence-corrected chi connectivity index (χ3v) is 4.43. The van der Waals surface area contributed by atoms with Gasteiger partial charge in [0.05, 0.1) is 6.54 Å². The maximum Gasteiger partial charge on any atom is 0.203 e. The molecule has 1 unspecified atom stereocenters. The maximum atomic E-state index is 13.4. The first-order valence-electron chi connectivity index (χ1n) is 6.41. The number of hydrogen-bond donors (Lipinski definition) is 1. The van der Waals surface area contributed by atoms with Crippen LogP contribution in [0.15, 0.2) is 39.6 Å². The number of nitriles is 1. The van der Waals surface area contributed by atoms with Crippen LogP contribution in [-0.4, -0.2) is 5.75 Å². The van der Waals surface area contributed by atoms with Crippen molar-refractivity contribution in [1.82, 2.24) is 5.32 Å². The molecule has 0 bridgehead atoms. The topological polar surface area (TPSA) is 49.0 Å². The maximum absolute atomic E-state index is 13.4.